The second-order valence-corrected chi connectivity index (χ2v) is 12.8. The van der Waals surface area contributed by atoms with Gasteiger partial charge in [-0.05, 0) is 61.2 Å². The minimum absolute atomic E-state index is 0.0465. The Morgan fingerprint density at radius 1 is 0.778 bits per heavy atom. The summed E-state index contributed by atoms with van der Waals surface area (Å²) in [7, 11) is 0. The van der Waals surface area contributed by atoms with Crippen LogP contribution in [0.1, 0.15) is 28.4 Å². The summed E-state index contributed by atoms with van der Waals surface area (Å²) in [4.78, 5) is 36.4. The van der Waals surface area contributed by atoms with Gasteiger partial charge in [-0.2, -0.15) is 0 Å². The smallest absolute Gasteiger partial charge is 0.338 e. The van der Waals surface area contributed by atoms with Crippen LogP contribution in [-0.4, -0.2) is 49.7 Å². The lowest BCUT2D eigenvalue weighted by molar-refractivity contribution is 0.0423. The van der Waals surface area contributed by atoms with E-state index >= 15 is 0 Å². The highest BCUT2D eigenvalue weighted by molar-refractivity contribution is 7.24. The SMILES string of the molecule is CC(COC(=O)c1ccc2c(=O)c3ccccc3sc2c1)(C1=N[C@@H](Cc2ccccc2)CO1)C1=N[C@@H](Cc2ccccc2)CO1. The van der Waals surface area contributed by atoms with Gasteiger partial charge in [-0.15, -0.1) is 11.3 Å². The first-order valence-electron chi connectivity index (χ1n) is 15.1. The lowest BCUT2D eigenvalue weighted by atomic mass is 9.90. The molecule has 8 heteroatoms. The highest BCUT2D eigenvalue weighted by Crippen LogP contribution is 2.32. The average Bonchev–Trinajstić information content (AvgIpc) is 3.75. The third kappa shape index (κ3) is 5.98. The molecule has 0 bridgehead atoms. The third-order valence-corrected chi connectivity index (χ3v) is 9.44. The third-order valence-electron chi connectivity index (χ3n) is 8.30. The number of ether oxygens (including phenoxy) is 3. The maximum Gasteiger partial charge on any atom is 0.338 e. The molecule has 226 valence electrons. The summed E-state index contributed by atoms with van der Waals surface area (Å²) in [5.74, 6) is 0.409. The second kappa shape index (κ2) is 12.3. The average molecular weight is 617 g/mol. The molecule has 0 radical (unpaired) electrons. The zero-order valence-electron chi connectivity index (χ0n) is 24.8. The summed E-state index contributed by atoms with van der Waals surface area (Å²) < 4.78 is 19.9. The van der Waals surface area contributed by atoms with Crippen molar-refractivity contribution in [2.24, 2.45) is 15.4 Å². The first-order valence-corrected chi connectivity index (χ1v) is 15.9. The van der Waals surface area contributed by atoms with Crippen molar-refractivity contribution >= 4 is 49.3 Å². The predicted octanol–water partition coefficient (Wildman–Crippen LogP) is 6.66. The fourth-order valence-electron chi connectivity index (χ4n) is 5.85. The molecule has 3 heterocycles. The van der Waals surface area contributed by atoms with Crippen LogP contribution in [0.25, 0.3) is 20.2 Å². The van der Waals surface area contributed by atoms with Crippen LogP contribution in [0.5, 0.6) is 0 Å². The zero-order valence-corrected chi connectivity index (χ0v) is 25.7. The predicted molar refractivity (Wildman–Crippen MR) is 179 cm³/mol. The Hall–Kier alpha value is -4.82. The molecule has 0 amide bonds. The lowest BCUT2D eigenvalue weighted by Crippen LogP contribution is -2.42. The molecule has 7 nitrogen and oxygen atoms in total. The minimum Gasteiger partial charge on any atom is -0.478 e. The van der Waals surface area contributed by atoms with Gasteiger partial charge >= 0.3 is 5.97 Å². The molecular weight excluding hydrogens is 584 g/mol. The fraction of sp³-hybridized carbons (Fsp3) is 0.243. The lowest BCUT2D eigenvalue weighted by Gasteiger charge is -2.27. The van der Waals surface area contributed by atoms with Crippen LogP contribution < -0.4 is 5.43 Å². The van der Waals surface area contributed by atoms with E-state index in [4.69, 9.17) is 24.2 Å². The van der Waals surface area contributed by atoms with Crippen molar-refractivity contribution in [2.45, 2.75) is 31.8 Å². The molecule has 0 aliphatic carbocycles. The number of benzene rings is 4. The number of hydrogen-bond donors (Lipinski definition) is 0. The van der Waals surface area contributed by atoms with E-state index in [-0.39, 0.29) is 24.1 Å². The van der Waals surface area contributed by atoms with Gasteiger partial charge in [-0.3, -0.25) is 4.79 Å². The molecule has 5 aromatic rings. The Bertz CT molecular complexity index is 1920. The summed E-state index contributed by atoms with van der Waals surface area (Å²) in [6, 6.07) is 32.8. The number of aliphatic imine (C=N–C) groups is 2. The first kappa shape index (κ1) is 28.9. The largest absolute Gasteiger partial charge is 0.478 e. The number of rotatable bonds is 9. The van der Waals surface area contributed by atoms with Crippen molar-refractivity contribution in [3.8, 4) is 0 Å². The van der Waals surface area contributed by atoms with E-state index < -0.39 is 11.4 Å². The number of hydrogen-bond acceptors (Lipinski definition) is 8. The summed E-state index contributed by atoms with van der Waals surface area (Å²) in [5.41, 5.74) is 1.66. The standard InChI is InChI=1S/C37H32N2O5S/c1-37(35-38-27(21-42-35)18-24-10-4-2-5-11-24,36-39-28(22-43-36)19-25-12-6-3-7-13-25)23-44-34(41)26-16-17-30-32(20-26)45-31-15-9-8-14-29(31)33(30)40/h2-17,20,27-28H,18-19,21-23H2,1H3/t27-,28-/m0/s1. The molecule has 0 N–H and O–H groups in total. The highest BCUT2D eigenvalue weighted by atomic mass is 32.1. The monoisotopic (exact) mass is 616 g/mol. The molecule has 0 saturated heterocycles. The molecule has 45 heavy (non-hydrogen) atoms. The van der Waals surface area contributed by atoms with Gasteiger partial charge in [0.2, 0.25) is 11.8 Å². The van der Waals surface area contributed by atoms with Gasteiger partial charge < -0.3 is 14.2 Å². The maximum absolute atomic E-state index is 13.5. The molecular formula is C37H32N2O5S. The summed E-state index contributed by atoms with van der Waals surface area (Å²) in [6.45, 7) is 2.69. The van der Waals surface area contributed by atoms with Crippen LogP contribution in [0.2, 0.25) is 0 Å². The van der Waals surface area contributed by atoms with Crippen molar-refractivity contribution < 1.29 is 19.0 Å². The molecule has 7 rings (SSSR count). The number of carbonyl (C=O) groups is 1. The van der Waals surface area contributed by atoms with Crippen molar-refractivity contribution in [2.75, 3.05) is 19.8 Å². The number of esters is 1. The van der Waals surface area contributed by atoms with E-state index in [0.29, 0.717) is 41.3 Å². The van der Waals surface area contributed by atoms with Crippen LogP contribution in [-0.2, 0) is 27.1 Å². The van der Waals surface area contributed by atoms with Gasteiger partial charge in [0.1, 0.15) is 19.8 Å². The molecule has 2 aliphatic rings. The Kier molecular flexibility index (Phi) is 7.90. The number of carbonyl (C=O) groups excluding carboxylic acids is 1. The van der Waals surface area contributed by atoms with Crippen LogP contribution in [0.15, 0.2) is 118 Å². The molecule has 0 spiro atoms. The van der Waals surface area contributed by atoms with E-state index in [1.54, 1.807) is 18.2 Å². The zero-order chi connectivity index (χ0) is 30.8. The Morgan fingerprint density at radius 2 is 1.33 bits per heavy atom. The minimum atomic E-state index is -1.01. The molecule has 2 aliphatic heterocycles. The van der Waals surface area contributed by atoms with Crippen LogP contribution >= 0.6 is 11.3 Å². The quantitative estimate of drug-likeness (QED) is 0.137. The van der Waals surface area contributed by atoms with Crippen molar-refractivity contribution in [3.05, 3.63) is 130 Å². The molecule has 4 aromatic carbocycles. The molecule has 0 fully saturated rings. The second-order valence-electron chi connectivity index (χ2n) is 11.7. The van der Waals surface area contributed by atoms with E-state index in [1.807, 2.05) is 67.6 Å². The summed E-state index contributed by atoms with van der Waals surface area (Å²) in [6.07, 6.45) is 1.47. The van der Waals surface area contributed by atoms with Crippen LogP contribution in [0, 0.1) is 5.41 Å². The van der Waals surface area contributed by atoms with Crippen molar-refractivity contribution in [1.29, 1.82) is 0 Å². The van der Waals surface area contributed by atoms with E-state index in [9.17, 15) is 9.59 Å². The van der Waals surface area contributed by atoms with Crippen LogP contribution in [0.4, 0.5) is 0 Å². The normalized spacial score (nSPS) is 17.9. The van der Waals surface area contributed by atoms with Gasteiger partial charge in [-0.1, -0.05) is 72.8 Å². The summed E-state index contributed by atoms with van der Waals surface area (Å²) >= 11 is 1.48. The number of nitrogens with zero attached hydrogens (tertiary/aromatic N) is 2. The fourth-order valence-corrected chi connectivity index (χ4v) is 6.96. The number of fused-ring (bicyclic) bond motifs is 2. The van der Waals surface area contributed by atoms with Gasteiger partial charge in [0.25, 0.3) is 0 Å². The van der Waals surface area contributed by atoms with Crippen molar-refractivity contribution in [1.82, 2.24) is 0 Å². The topological polar surface area (TPSA) is 86.6 Å². The van der Waals surface area contributed by atoms with E-state index in [1.165, 1.54) is 22.5 Å². The van der Waals surface area contributed by atoms with Crippen molar-refractivity contribution in [3.63, 3.8) is 0 Å². The first-order chi connectivity index (χ1) is 22.0. The summed E-state index contributed by atoms with van der Waals surface area (Å²) in [5, 5.41) is 1.25. The molecule has 1 aromatic heterocycles. The van der Waals surface area contributed by atoms with E-state index in [2.05, 4.69) is 24.3 Å². The van der Waals surface area contributed by atoms with E-state index in [0.717, 1.165) is 22.2 Å². The molecule has 0 saturated carbocycles. The molecule has 2 atom stereocenters. The van der Waals surface area contributed by atoms with Gasteiger partial charge in [0.15, 0.2) is 10.8 Å². The Balaban J connectivity index is 1.15. The van der Waals surface area contributed by atoms with Crippen LogP contribution in [0.3, 0.4) is 0 Å². The van der Waals surface area contributed by atoms with Gasteiger partial charge in [0.05, 0.1) is 17.6 Å². The van der Waals surface area contributed by atoms with Gasteiger partial charge in [-0.25, -0.2) is 14.8 Å². The molecule has 0 unspecified atom stereocenters. The Labute approximate surface area is 264 Å². The highest BCUT2D eigenvalue weighted by Gasteiger charge is 2.46. The maximum atomic E-state index is 13.5. The Morgan fingerprint density at radius 3 is 1.96 bits per heavy atom. The van der Waals surface area contributed by atoms with Gasteiger partial charge in [0, 0.05) is 20.2 Å².